The normalized spacial score (nSPS) is 9.85. The van der Waals surface area contributed by atoms with E-state index in [4.69, 9.17) is 0 Å². The van der Waals surface area contributed by atoms with Gasteiger partial charge in [-0.3, -0.25) is 4.79 Å². The van der Waals surface area contributed by atoms with E-state index in [0.717, 1.165) is 13.0 Å². The predicted molar refractivity (Wildman–Crippen MR) is 37.6 cm³/mol. The summed E-state index contributed by atoms with van der Waals surface area (Å²) in [6, 6.07) is 1.52. The van der Waals surface area contributed by atoms with Crippen LogP contribution in [0.1, 0.15) is 6.92 Å². The fourth-order valence-electron chi connectivity index (χ4n) is 0.742. The van der Waals surface area contributed by atoms with E-state index >= 15 is 0 Å². The summed E-state index contributed by atoms with van der Waals surface area (Å²) in [6.45, 7) is 1.03. The van der Waals surface area contributed by atoms with E-state index in [1.54, 1.807) is 0 Å². The molecule has 0 saturated carbocycles. The summed E-state index contributed by atoms with van der Waals surface area (Å²) >= 11 is 0. The molecule has 0 fully saturated rings. The summed E-state index contributed by atoms with van der Waals surface area (Å²) in [7, 11) is 0. The van der Waals surface area contributed by atoms with Crippen LogP contribution in [0.3, 0.4) is 0 Å². The zero-order valence-electron chi connectivity index (χ0n) is 6.61. The van der Waals surface area contributed by atoms with E-state index in [2.05, 4.69) is 4.74 Å². The number of carbonyl (C=O) groups is 1. The Labute approximate surface area is 71.9 Å². The van der Waals surface area contributed by atoms with Crippen molar-refractivity contribution in [3.8, 4) is 5.75 Å². The highest BCUT2D eigenvalue weighted by molar-refractivity contribution is 5.69. The fraction of sp³-hybridized carbons (Fsp3) is 0.125. The third kappa shape index (κ3) is 1.99. The van der Waals surface area contributed by atoms with Crippen molar-refractivity contribution >= 4 is 5.97 Å². The Balaban J connectivity index is 3.10. The van der Waals surface area contributed by atoms with Crippen LogP contribution in [0.2, 0.25) is 0 Å². The monoisotopic (exact) mass is 190 g/mol. The number of ether oxygens (including phenoxy) is 1. The lowest BCUT2D eigenvalue weighted by atomic mass is 10.3. The van der Waals surface area contributed by atoms with E-state index in [-0.39, 0.29) is 0 Å². The molecule has 0 atom stereocenters. The van der Waals surface area contributed by atoms with Gasteiger partial charge in [-0.2, -0.15) is 4.39 Å². The van der Waals surface area contributed by atoms with E-state index in [0.29, 0.717) is 6.07 Å². The zero-order chi connectivity index (χ0) is 10.0. The van der Waals surface area contributed by atoms with E-state index in [1.807, 2.05) is 0 Å². The number of benzene rings is 1. The van der Waals surface area contributed by atoms with E-state index < -0.39 is 29.2 Å². The van der Waals surface area contributed by atoms with Crippen LogP contribution in [0.5, 0.6) is 5.75 Å². The minimum atomic E-state index is -1.65. The van der Waals surface area contributed by atoms with Crippen molar-refractivity contribution in [2.24, 2.45) is 0 Å². The Morgan fingerprint density at radius 3 is 2.38 bits per heavy atom. The molecule has 13 heavy (non-hydrogen) atoms. The Kier molecular flexibility index (Phi) is 2.55. The van der Waals surface area contributed by atoms with Gasteiger partial charge in [0.2, 0.25) is 5.82 Å². The third-order valence-electron chi connectivity index (χ3n) is 1.25. The number of hydrogen-bond donors (Lipinski definition) is 0. The summed E-state index contributed by atoms with van der Waals surface area (Å²) in [4.78, 5) is 10.4. The molecule has 0 amide bonds. The highest BCUT2D eigenvalue weighted by Gasteiger charge is 2.15. The Morgan fingerprint density at radius 1 is 1.23 bits per heavy atom. The predicted octanol–water partition coefficient (Wildman–Crippen LogP) is 2.03. The molecule has 0 aromatic heterocycles. The highest BCUT2D eigenvalue weighted by atomic mass is 19.2. The first-order valence-corrected chi connectivity index (χ1v) is 3.34. The van der Waals surface area contributed by atoms with Gasteiger partial charge >= 0.3 is 5.97 Å². The van der Waals surface area contributed by atoms with Gasteiger partial charge in [-0.1, -0.05) is 0 Å². The Hall–Kier alpha value is -1.52. The molecule has 0 saturated heterocycles. The molecule has 1 aromatic carbocycles. The van der Waals surface area contributed by atoms with Crippen molar-refractivity contribution in [3.63, 3.8) is 0 Å². The van der Waals surface area contributed by atoms with Gasteiger partial charge in [0.1, 0.15) is 0 Å². The molecular weight excluding hydrogens is 185 g/mol. The maximum atomic E-state index is 12.7. The topological polar surface area (TPSA) is 26.3 Å². The smallest absolute Gasteiger partial charge is 0.308 e. The molecule has 5 heteroatoms. The van der Waals surface area contributed by atoms with E-state index in [1.165, 1.54) is 0 Å². The van der Waals surface area contributed by atoms with Crippen molar-refractivity contribution in [3.05, 3.63) is 29.6 Å². The number of carbonyl (C=O) groups excluding carboxylic acids is 1. The largest absolute Gasteiger partial charge is 0.423 e. The first-order valence-electron chi connectivity index (χ1n) is 3.34. The quantitative estimate of drug-likeness (QED) is 0.384. The Morgan fingerprint density at radius 2 is 1.85 bits per heavy atom. The van der Waals surface area contributed by atoms with Gasteiger partial charge in [0.15, 0.2) is 17.4 Å². The molecule has 1 aromatic rings. The average molecular weight is 190 g/mol. The van der Waals surface area contributed by atoms with Crippen LogP contribution in [0, 0.1) is 17.5 Å². The number of hydrogen-bond acceptors (Lipinski definition) is 2. The van der Waals surface area contributed by atoms with Gasteiger partial charge in [0, 0.05) is 6.92 Å². The summed E-state index contributed by atoms with van der Waals surface area (Å²) in [5, 5.41) is 0. The van der Waals surface area contributed by atoms with Crippen molar-refractivity contribution in [1.82, 2.24) is 0 Å². The molecule has 0 spiro atoms. The standard InChI is InChI=1S/C8H5F3O2/c1-4(12)13-6-3-2-5(9)7(10)8(6)11/h2-3H,1H3. The second-order valence-corrected chi connectivity index (χ2v) is 2.27. The molecule has 0 unspecified atom stereocenters. The van der Waals surface area contributed by atoms with Gasteiger partial charge in [-0.05, 0) is 12.1 Å². The summed E-state index contributed by atoms with van der Waals surface area (Å²) < 4.78 is 41.8. The van der Waals surface area contributed by atoms with E-state index in [9.17, 15) is 18.0 Å². The van der Waals surface area contributed by atoms with Gasteiger partial charge < -0.3 is 4.74 Å². The second kappa shape index (κ2) is 3.47. The highest BCUT2D eigenvalue weighted by Crippen LogP contribution is 2.21. The van der Waals surface area contributed by atoms with Crippen molar-refractivity contribution < 1.29 is 22.7 Å². The molecular formula is C8H5F3O2. The molecule has 0 aliphatic rings. The van der Waals surface area contributed by atoms with Crippen LogP contribution < -0.4 is 4.74 Å². The minimum Gasteiger partial charge on any atom is -0.423 e. The van der Waals surface area contributed by atoms with Crippen LogP contribution in [-0.4, -0.2) is 5.97 Å². The first-order chi connectivity index (χ1) is 6.02. The van der Waals surface area contributed by atoms with Gasteiger partial charge in [-0.15, -0.1) is 0 Å². The van der Waals surface area contributed by atoms with Crippen LogP contribution in [0.25, 0.3) is 0 Å². The second-order valence-electron chi connectivity index (χ2n) is 2.27. The molecule has 0 heterocycles. The lowest BCUT2D eigenvalue weighted by Crippen LogP contribution is -2.05. The molecule has 1 rings (SSSR count). The van der Waals surface area contributed by atoms with Gasteiger partial charge in [0.25, 0.3) is 0 Å². The summed E-state index contributed by atoms with van der Waals surface area (Å²) in [5.41, 5.74) is 0. The Bertz CT molecular complexity index is 349. The van der Waals surface area contributed by atoms with Crippen molar-refractivity contribution in [2.45, 2.75) is 6.92 Å². The fourth-order valence-corrected chi connectivity index (χ4v) is 0.742. The molecule has 0 N–H and O–H groups in total. The van der Waals surface area contributed by atoms with Crippen molar-refractivity contribution in [2.75, 3.05) is 0 Å². The maximum Gasteiger partial charge on any atom is 0.308 e. The zero-order valence-corrected chi connectivity index (χ0v) is 6.61. The molecule has 2 nitrogen and oxygen atoms in total. The number of halogens is 3. The number of rotatable bonds is 1. The first kappa shape index (κ1) is 9.57. The maximum absolute atomic E-state index is 12.7. The van der Waals surface area contributed by atoms with Crippen LogP contribution in [0.4, 0.5) is 13.2 Å². The molecule has 0 aliphatic heterocycles. The summed E-state index contributed by atoms with van der Waals surface area (Å²) in [5.74, 6) is -5.90. The van der Waals surface area contributed by atoms with Crippen LogP contribution in [0.15, 0.2) is 12.1 Å². The van der Waals surface area contributed by atoms with Gasteiger partial charge in [-0.25, -0.2) is 8.78 Å². The van der Waals surface area contributed by atoms with Gasteiger partial charge in [0.05, 0.1) is 0 Å². The molecule has 70 valence electrons. The van der Waals surface area contributed by atoms with Crippen molar-refractivity contribution in [1.29, 1.82) is 0 Å². The molecule has 0 radical (unpaired) electrons. The SMILES string of the molecule is CC(=O)Oc1ccc(F)c(F)c1F. The lowest BCUT2D eigenvalue weighted by Gasteiger charge is -2.02. The molecule has 0 bridgehead atoms. The van der Waals surface area contributed by atoms with Crippen LogP contribution in [-0.2, 0) is 4.79 Å². The summed E-state index contributed by atoms with van der Waals surface area (Å²) in [6.07, 6.45) is 0. The lowest BCUT2D eigenvalue weighted by molar-refractivity contribution is -0.132. The number of esters is 1. The van der Waals surface area contributed by atoms with Crippen LogP contribution >= 0.6 is 0 Å². The third-order valence-corrected chi connectivity index (χ3v) is 1.25. The minimum absolute atomic E-state index is 0.619. The molecule has 0 aliphatic carbocycles. The average Bonchev–Trinajstić information content (AvgIpc) is 2.06.